The molecule has 0 spiro atoms. The molecule has 1 aromatic carbocycles. The molecule has 0 saturated carbocycles. The van der Waals surface area contributed by atoms with Crippen LogP contribution in [0, 0.1) is 5.92 Å². The summed E-state index contributed by atoms with van der Waals surface area (Å²) < 4.78 is 72.7. The van der Waals surface area contributed by atoms with Gasteiger partial charge < -0.3 is 9.30 Å². The van der Waals surface area contributed by atoms with Gasteiger partial charge in [0.1, 0.15) is 6.23 Å². The van der Waals surface area contributed by atoms with Crippen molar-refractivity contribution in [1.29, 1.82) is 0 Å². The van der Waals surface area contributed by atoms with Gasteiger partial charge in [-0.1, -0.05) is 6.07 Å². The number of fused-ring (bicyclic) bond motifs is 1. The summed E-state index contributed by atoms with van der Waals surface area (Å²) in [6.45, 7) is 1.72. The average Bonchev–Trinajstić information content (AvgIpc) is 3.46. The Kier molecular flexibility index (Phi) is 6.67. The number of halogens is 3. The lowest BCUT2D eigenvalue weighted by molar-refractivity contribution is -0.107. The van der Waals surface area contributed by atoms with E-state index in [0.717, 1.165) is 52.2 Å². The number of hydrogen-bond donors (Lipinski definition) is 0. The van der Waals surface area contributed by atoms with Crippen LogP contribution in [-0.4, -0.2) is 58.7 Å². The summed E-state index contributed by atoms with van der Waals surface area (Å²) in [5, 5.41) is 5.59. The van der Waals surface area contributed by atoms with Crippen LogP contribution in [0.2, 0.25) is 0 Å². The fourth-order valence-corrected chi connectivity index (χ4v) is 6.43. The normalized spacial score (nSPS) is 21.1. The molecule has 7 nitrogen and oxygen atoms in total. The van der Waals surface area contributed by atoms with Crippen LogP contribution in [0.5, 0.6) is 0 Å². The molecule has 3 aromatic rings. The van der Waals surface area contributed by atoms with Gasteiger partial charge in [-0.25, -0.2) is 17.4 Å². The summed E-state index contributed by atoms with van der Waals surface area (Å²) in [7, 11) is -4.31. The quantitative estimate of drug-likeness (QED) is 0.477. The molecule has 1 unspecified atom stereocenters. The monoisotopic (exact) mass is 510 g/mol. The van der Waals surface area contributed by atoms with E-state index in [2.05, 4.69) is 33.9 Å². The van der Waals surface area contributed by atoms with Crippen LogP contribution in [0.25, 0.3) is 22.0 Å². The molecule has 2 fully saturated rings. The summed E-state index contributed by atoms with van der Waals surface area (Å²) in [5.41, 5.74) is 3.17. The predicted octanol–water partition coefficient (Wildman–Crippen LogP) is 4.81. The van der Waals surface area contributed by atoms with Crippen molar-refractivity contribution >= 4 is 20.9 Å². The Hall–Kier alpha value is -2.37. The van der Waals surface area contributed by atoms with Crippen LogP contribution in [0.3, 0.4) is 0 Å². The fourth-order valence-electron chi connectivity index (χ4n) is 5.06. The minimum Gasteiger partial charge on any atom is -0.357 e. The first-order chi connectivity index (χ1) is 16.7. The van der Waals surface area contributed by atoms with Gasteiger partial charge in [0.05, 0.1) is 6.20 Å². The average molecular weight is 511 g/mol. The van der Waals surface area contributed by atoms with Gasteiger partial charge in [-0.2, -0.15) is 18.3 Å². The smallest absolute Gasteiger partial charge is 0.357 e. The molecule has 2 aromatic heterocycles. The molecule has 4 heterocycles. The molecule has 0 amide bonds. The van der Waals surface area contributed by atoms with Crippen molar-refractivity contribution in [3.05, 3.63) is 42.9 Å². The number of aromatic nitrogens is 3. The van der Waals surface area contributed by atoms with E-state index in [9.17, 15) is 21.6 Å². The van der Waals surface area contributed by atoms with Crippen molar-refractivity contribution in [2.75, 3.05) is 25.4 Å². The Balaban J connectivity index is 1.23. The molecule has 0 aliphatic carbocycles. The van der Waals surface area contributed by atoms with E-state index in [1.54, 1.807) is 0 Å². The van der Waals surface area contributed by atoms with Gasteiger partial charge in [0, 0.05) is 55.1 Å². The molecule has 2 saturated heterocycles. The third-order valence-electron chi connectivity index (χ3n) is 6.92. The van der Waals surface area contributed by atoms with Gasteiger partial charge in [-0.05, 0) is 61.8 Å². The lowest BCUT2D eigenvalue weighted by Gasteiger charge is -2.31. The molecule has 0 radical (unpaired) electrons. The number of piperidine rings is 1. The van der Waals surface area contributed by atoms with Crippen molar-refractivity contribution in [1.82, 2.24) is 18.7 Å². The van der Waals surface area contributed by atoms with Gasteiger partial charge >= 0.3 is 6.18 Å². The Bertz CT molecular complexity index is 1270. The predicted molar refractivity (Wildman–Crippen MR) is 126 cm³/mol. The van der Waals surface area contributed by atoms with E-state index in [1.807, 2.05) is 23.3 Å². The third-order valence-corrected chi connectivity index (χ3v) is 8.77. The molecule has 2 aliphatic rings. The topological polar surface area (TPSA) is 69.4 Å². The highest BCUT2D eigenvalue weighted by Gasteiger charge is 2.39. The lowest BCUT2D eigenvalue weighted by atomic mass is 9.98. The second-order valence-electron chi connectivity index (χ2n) is 9.49. The highest BCUT2D eigenvalue weighted by Crippen LogP contribution is 2.30. The maximum absolute atomic E-state index is 12.6. The second-order valence-corrected chi connectivity index (χ2v) is 11.5. The Labute approximate surface area is 202 Å². The number of benzene rings is 1. The molecule has 0 bridgehead atoms. The molecule has 2 aliphatic heterocycles. The number of rotatable bonds is 6. The van der Waals surface area contributed by atoms with Crippen LogP contribution < -0.4 is 0 Å². The van der Waals surface area contributed by atoms with Crippen LogP contribution in [0.1, 0.15) is 38.3 Å². The van der Waals surface area contributed by atoms with Crippen LogP contribution in [0.4, 0.5) is 13.2 Å². The first-order valence-electron chi connectivity index (χ1n) is 12.0. The maximum atomic E-state index is 12.6. The highest BCUT2D eigenvalue weighted by atomic mass is 32.2. The molecule has 1 atom stereocenters. The maximum Gasteiger partial charge on any atom is 0.404 e. The Morgan fingerprint density at radius 2 is 1.86 bits per heavy atom. The first-order valence-corrected chi connectivity index (χ1v) is 13.6. The molecule has 0 N–H and O–H groups in total. The van der Waals surface area contributed by atoms with E-state index >= 15 is 0 Å². The van der Waals surface area contributed by atoms with Crippen molar-refractivity contribution in [3.8, 4) is 11.1 Å². The van der Waals surface area contributed by atoms with Crippen LogP contribution in [0.15, 0.2) is 42.9 Å². The summed E-state index contributed by atoms with van der Waals surface area (Å²) in [4.78, 5) is 0. The Morgan fingerprint density at radius 1 is 1.06 bits per heavy atom. The minimum absolute atomic E-state index is 0.00261. The van der Waals surface area contributed by atoms with Gasteiger partial charge in [0.15, 0.2) is 5.75 Å². The van der Waals surface area contributed by atoms with Crippen LogP contribution >= 0.6 is 0 Å². The highest BCUT2D eigenvalue weighted by molar-refractivity contribution is 7.89. The molecule has 35 heavy (non-hydrogen) atoms. The van der Waals surface area contributed by atoms with Crippen LogP contribution in [-0.2, 0) is 21.3 Å². The van der Waals surface area contributed by atoms with Gasteiger partial charge in [0.2, 0.25) is 10.0 Å². The van der Waals surface area contributed by atoms with Crippen molar-refractivity contribution in [3.63, 3.8) is 0 Å². The number of alkyl halides is 3. The molecular weight excluding hydrogens is 481 g/mol. The van der Waals surface area contributed by atoms with Crippen molar-refractivity contribution < 1.29 is 26.3 Å². The number of nitrogens with zero attached hydrogens (tertiary/aromatic N) is 4. The largest absolute Gasteiger partial charge is 0.404 e. The van der Waals surface area contributed by atoms with E-state index < -0.39 is 22.0 Å². The number of sulfonamides is 1. The summed E-state index contributed by atoms with van der Waals surface area (Å²) in [6.07, 6.45) is 5.45. The molecule has 11 heteroatoms. The van der Waals surface area contributed by atoms with E-state index in [1.165, 1.54) is 0 Å². The zero-order valence-electron chi connectivity index (χ0n) is 19.3. The first kappa shape index (κ1) is 24.3. The van der Waals surface area contributed by atoms with Gasteiger partial charge in [-0.15, -0.1) is 0 Å². The van der Waals surface area contributed by atoms with Gasteiger partial charge in [0.25, 0.3) is 0 Å². The standard InChI is InChI=1S/C24H29F3N4O3S/c25-24(26,27)17-35(32,33)30-10-6-18(7-11-30)15-29-9-8-20-13-19(4-5-22(20)29)21-14-28-31(16-21)23-3-1-2-12-34-23/h4-5,8-9,13-14,16,18,23H,1-3,6-7,10-12,15,17H2. The lowest BCUT2D eigenvalue weighted by Crippen LogP contribution is -2.43. The summed E-state index contributed by atoms with van der Waals surface area (Å²) in [5.74, 6) is -1.58. The second kappa shape index (κ2) is 9.59. The van der Waals surface area contributed by atoms with E-state index in [-0.39, 0.29) is 25.2 Å². The SMILES string of the molecule is O=S(=O)(CC(F)(F)F)N1CCC(Cn2ccc3cc(-c4cnn(C5CCCCO5)c4)ccc32)CC1. The minimum atomic E-state index is -4.72. The van der Waals surface area contributed by atoms with Crippen molar-refractivity contribution in [2.24, 2.45) is 5.92 Å². The molecular formula is C24H29F3N4O3S. The van der Waals surface area contributed by atoms with Gasteiger partial charge in [-0.3, -0.25) is 0 Å². The van der Waals surface area contributed by atoms with E-state index in [4.69, 9.17) is 4.74 Å². The summed E-state index contributed by atoms with van der Waals surface area (Å²) >= 11 is 0. The zero-order chi connectivity index (χ0) is 24.6. The third kappa shape index (κ3) is 5.57. The van der Waals surface area contributed by atoms with Crippen molar-refractivity contribution in [2.45, 2.75) is 51.1 Å². The number of hydrogen-bond acceptors (Lipinski definition) is 4. The summed E-state index contributed by atoms with van der Waals surface area (Å²) in [6, 6.07) is 8.31. The fraction of sp³-hybridized carbons (Fsp3) is 0.542. The number of ether oxygens (including phenoxy) is 1. The zero-order valence-corrected chi connectivity index (χ0v) is 20.1. The molecule has 5 rings (SSSR count). The Morgan fingerprint density at radius 3 is 2.57 bits per heavy atom. The molecule has 190 valence electrons. The van der Waals surface area contributed by atoms with E-state index in [0.29, 0.717) is 19.4 Å².